The Morgan fingerprint density at radius 2 is 1.63 bits per heavy atom. The zero-order valence-electron chi connectivity index (χ0n) is 14.8. The van der Waals surface area contributed by atoms with E-state index in [-0.39, 0.29) is 0 Å². The van der Waals surface area contributed by atoms with Crippen LogP contribution in [0.1, 0.15) is 10.4 Å². The van der Waals surface area contributed by atoms with E-state index in [4.69, 9.17) is 17.2 Å². The number of nitrogens with two attached hydrogens (primary N) is 3. The molecule has 7 N–H and O–H groups in total. The van der Waals surface area contributed by atoms with Gasteiger partial charge in [0.1, 0.15) is 0 Å². The first-order valence-electron chi connectivity index (χ1n) is 8.59. The molecule has 0 saturated heterocycles. The SMILES string of the molecule is NCCNSc1ccc(-c2cc(-c3ccccc3)cc(C(N)=O)c2N)cc1. The van der Waals surface area contributed by atoms with Crippen molar-refractivity contribution >= 4 is 23.5 Å². The van der Waals surface area contributed by atoms with Gasteiger partial charge in [-0.15, -0.1) is 0 Å². The van der Waals surface area contributed by atoms with E-state index in [1.165, 1.54) is 11.9 Å². The average molecular weight is 379 g/mol. The molecular weight excluding hydrogens is 356 g/mol. The summed E-state index contributed by atoms with van der Waals surface area (Å²) in [6.45, 7) is 1.32. The highest BCUT2D eigenvalue weighted by Crippen LogP contribution is 2.34. The Kier molecular flexibility index (Phi) is 6.13. The molecule has 0 fully saturated rings. The molecule has 27 heavy (non-hydrogen) atoms. The van der Waals surface area contributed by atoms with Crippen LogP contribution in [0, 0.1) is 0 Å². The number of primary amides is 1. The van der Waals surface area contributed by atoms with E-state index < -0.39 is 5.91 Å². The van der Waals surface area contributed by atoms with Gasteiger partial charge in [-0.25, -0.2) is 0 Å². The number of anilines is 1. The molecule has 0 aliphatic rings. The predicted octanol–water partition coefficient (Wildman–Crippen LogP) is 3.26. The van der Waals surface area contributed by atoms with Gasteiger partial charge in [0, 0.05) is 23.5 Å². The third-order valence-electron chi connectivity index (χ3n) is 4.15. The molecule has 0 aromatic heterocycles. The van der Waals surface area contributed by atoms with Gasteiger partial charge in [0.05, 0.1) is 11.3 Å². The summed E-state index contributed by atoms with van der Waals surface area (Å²) < 4.78 is 3.18. The summed E-state index contributed by atoms with van der Waals surface area (Å²) in [5.41, 5.74) is 21.6. The minimum absolute atomic E-state index is 0.328. The predicted molar refractivity (Wildman–Crippen MR) is 113 cm³/mol. The number of hydrogen-bond donors (Lipinski definition) is 4. The molecule has 0 aliphatic heterocycles. The van der Waals surface area contributed by atoms with Crippen LogP contribution in [-0.4, -0.2) is 19.0 Å². The smallest absolute Gasteiger partial charge is 0.250 e. The minimum Gasteiger partial charge on any atom is -0.398 e. The van der Waals surface area contributed by atoms with Crippen LogP contribution >= 0.6 is 11.9 Å². The molecule has 0 spiro atoms. The molecule has 5 nitrogen and oxygen atoms in total. The van der Waals surface area contributed by atoms with Crippen LogP contribution in [-0.2, 0) is 0 Å². The Morgan fingerprint density at radius 3 is 2.26 bits per heavy atom. The summed E-state index contributed by atoms with van der Waals surface area (Å²) in [5, 5.41) is 0. The van der Waals surface area contributed by atoms with Crippen molar-refractivity contribution in [1.29, 1.82) is 0 Å². The van der Waals surface area contributed by atoms with Gasteiger partial charge in [-0.3, -0.25) is 9.52 Å². The number of hydrogen-bond acceptors (Lipinski definition) is 5. The van der Waals surface area contributed by atoms with E-state index in [2.05, 4.69) is 4.72 Å². The standard InChI is InChI=1S/C21H22N4OS/c22-10-11-25-27-17-8-6-15(7-9-17)18-12-16(14-4-2-1-3-5-14)13-19(20(18)23)21(24)26/h1-9,12-13,25H,10-11,22-23H2,(H2,24,26). The number of rotatable bonds is 7. The van der Waals surface area contributed by atoms with Gasteiger partial charge in [-0.1, -0.05) is 42.5 Å². The largest absolute Gasteiger partial charge is 0.398 e. The Balaban J connectivity index is 2.01. The van der Waals surface area contributed by atoms with Crippen LogP contribution in [0.25, 0.3) is 22.3 Å². The van der Waals surface area contributed by atoms with Crippen molar-refractivity contribution in [2.24, 2.45) is 11.5 Å². The molecule has 0 aliphatic carbocycles. The Labute approximate surface area is 163 Å². The lowest BCUT2D eigenvalue weighted by molar-refractivity contribution is 0.100. The van der Waals surface area contributed by atoms with E-state index in [1.54, 1.807) is 6.07 Å². The van der Waals surface area contributed by atoms with Crippen molar-refractivity contribution < 1.29 is 4.79 Å². The molecule has 0 saturated carbocycles. The zero-order valence-corrected chi connectivity index (χ0v) is 15.6. The quantitative estimate of drug-likeness (QED) is 0.287. The number of nitrogens with one attached hydrogen (secondary N) is 1. The molecule has 0 heterocycles. The minimum atomic E-state index is -0.537. The maximum atomic E-state index is 11.9. The van der Waals surface area contributed by atoms with Crippen LogP contribution in [0.15, 0.2) is 71.6 Å². The fraction of sp³-hybridized carbons (Fsp3) is 0.0952. The second-order valence-electron chi connectivity index (χ2n) is 6.02. The Morgan fingerprint density at radius 1 is 0.926 bits per heavy atom. The Bertz CT molecular complexity index is 927. The van der Waals surface area contributed by atoms with Crippen LogP contribution in [0.4, 0.5) is 5.69 Å². The molecule has 3 aromatic rings. The lowest BCUT2D eigenvalue weighted by atomic mass is 9.94. The average Bonchev–Trinajstić information content (AvgIpc) is 2.69. The van der Waals surface area contributed by atoms with Gasteiger partial charge in [0.25, 0.3) is 5.91 Å². The first-order valence-corrected chi connectivity index (χ1v) is 9.40. The summed E-state index contributed by atoms with van der Waals surface area (Å²) in [6.07, 6.45) is 0. The van der Waals surface area contributed by atoms with Crippen LogP contribution in [0.2, 0.25) is 0 Å². The summed E-state index contributed by atoms with van der Waals surface area (Å²) in [6, 6.07) is 21.5. The van der Waals surface area contributed by atoms with Gasteiger partial charge in [0.2, 0.25) is 0 Å². The third-order valence-corrected chi connectivity index (χ3v) is 5.01. The molecule has 0 unspecified atom stereocenters. The zero-order chi connectivity index (χ0) is 19.2. The first-order chi connectivity index (χ1) is 13.1. The molecule has 6 heteroatoms. The van der Waals surface area contributed by atoms with Gasteiger partial charge in [-0.2, -0.15) is 0 Å². The highest BCUT2D eigenvalue weighted by molar-refractivity contribution is 7.97. The summed E-state index contributed by atoms with van der Waals surface area (Å²) >= 11 is 1.53. The van der Waals surface area contributed by atoms with Crippen molar-refractivity contribution in [3.8, 4) is 22.3 Å². The second-order valence-corrected chi connectivity index (χ2v) is 6.99. The topological polar surface area (TPSA) is 107 Å². The second kappa shape index (κ2) is 8.73. The van der Waals surface area contributed by atoms with Crippen molar-refractivity contribution in [2.45, 2.75) is 4.90 Å². The molecule has 0 radical (unpaired) electrons. The molecule has 0 atom stereocenters. The van der Waals surface area contributed by atoms with Crippen LogP contribution < -0.4 is 21.9 Å². The van der Waals surface area contributed by atoms with Crippen molar-refractivity contribution in [3.63, 3.8) is 0 Å². The third kappa shape index (κ3) is 4.49. The fourth-order valence-electron chi connectivity index (χ4n) is 2.79. The number of amides is 1. The van der Waals surface area contributed by atoms with E-state index in [9.17, 15) is 4.79 Å². The monoisotopic (exact) mass is 378 g/mol. The molecule has 138 valence electrons. The van der Waals surface area contributed by atoms with E-state index >= 15 is 0 Å². The highest BCUT2D eigenvalue weighted by Gasteiger charge is 2.14. The van der Waals surface area contributed by atoms with Crippen LogP contribution in [0.5, 0.6) is 0 Å². The lowest BCUT2D eigenvalue weighted by Gasteiger charge is -2.14. The van der Waals surface area contributed by atoms with E-state index in [1.807, 2.05) is 60.7 Å². The fourth-order valence-corrected chi connectivity index (χ4v) is 3.45. The normalized spacial score (nSPS) is 10.7. The molecule has 0 bridgehead atoms. The molecule has 3 aromatic carbocycles. The van der Waals surface area contributed by atoms with Crippen molar-refractivity contribution in [3.05, 3.63) is 72.3 Å². The molecule has 3 rings (SSSR count). The van der Waals surface area contributed by atoms with E-state index in [0.29, 0.717) is 17.8 Å². The first kappa shape index (κ1) is 19.0. The Hall–Kier alpha value is -2.80. The number of carbonyl (C=O) groups is 1. The van der Waals surface area contributed by atoms with Crippen molar-refractivity contribution in [2.75, 3.05) is 18.8 Å². The van der Waals surface area contributed by atoms with E-state index in [0.717, 1.165) is 33.7 Å². The van der Waals surface area contributed by atoms with Gasteiger partial charge < -0.3 is 17.2 Å². The number of benzene rings is 3. The summed E-state index contributed by atoms with van der Waals surface area (Å²) in [4.78, 5) is 13.0. The number of nitrogen functional groups attached to an aromatic ring is 1. The maximum absolute atomic E-state index is 11.9. The lowest BCUT2D eigenvalue weighted by Crippen LogP contribution is -2.15. The maximum Gasteiger partial charge on any atom is 0.250 e. The molecule has 1 amide bonds. The highest BCUT2D eigenvalue weighted by atomic mass is 32.2. The van der Waals surface area contributed by atoms with Crippen LogP contribution in [0.3, 0.4) is 0 Å². The molecular formula is C21H22N4OS. The van der Waals surface area contributed by atoms with Crippen molar-refractivity contribution in [1.82, 2.24) is 4.72 Å². The van der Waals surface area contributed by atoms with Gasteiger partial charge >= 0.3 is 0 Å². The van der Waals surface area contributed by atoms with Gasteiger partial charge in [0.15, 0.2) is 0 Å². The summed E-state index contributed by atoms with van der Waals surface area (Å²) in [7, 11) is 0. The van der Waals surface area contributed by atoms with Gasteiger partial charge in [-0.05, 0) is 52.9 Å². The number of carbonyl (C=O) groups excluding carboxylic acids is 1. The summed E-state index contributed by atoms with van der Waals surface area (Å²) in [5.74, 6) is -0.537.